The molecular weight excluding hydrogens is 200 g/mol. The SMILES string of the molecule is CCCC(CC)(CO)NCCN(CC)CC. The lowest BCUT2D eigenvalue weighted by molar-refractivity contribution is 0.140. The summed E-state index contributed by atoms with van der Waals surface area (Å²) in [5.74, 6) is 0. The Hall–Kier alpha value is -0.120. The van der Waals surface area contributed by atoms with Crippen molar-refractivity contribution in [3.63, 3.8) is 0 Å². The average molecular weight is 230 g/mol. The van der Waals surface area contributed by atoms with E-state index in [0.717, 1.165) is 45.4 Å². The molecule has 0 aliphatic carbocycles. The summed E-state index contributed by atoms with van der Waals surface area (Å²) in [5.41, 5.74) is -0.0537. The smallest absolute Gasteiger partial charge is 0.0613 e. The fourth-order valence-corrected chi connectivity index (χ4v) is 2.13. The van der Waals surface area contributed by atoms with Gasteiger partial charge < -0.3 is 15.3 Å². The minimum atomic E-state index is -0.0537. The molecule has 0 fully saturated rings. The van der Waals surface area contributed by atoms with Crippen molar-refractivity contribution in [2.24, 2.45) is 0 Å². The molecule has 3 nitrogen and oxygen atoms in total. The molecule has 0 rings (SSSR count). The maximum atomic E-state index is 9.51. The van der Waals surface area contributed by atoms with Crippen LogP contribution < -0.4 is 5.32 Å². The molecule has 0 aromatic rings. The summed E-state index contributed by atoms with van der Waals surface area (Å²) in [4.78, 5) is 2.40. The number of nitrogens with one attached hydrogen (secondary N) is 1. The van der Waals surface area contributed by atoms with Crippen molar-refractivity contribution in [1.82, 2.24) is 10.2 Å². The molecule has 0 aliphatic rings. The van der Waals surface area contributed by atoms with Gasteiger partial charge in [0.25, 0.3) is 0 Å². The van der Waals surface area contributed by atoms with E-state index in [-0.39, 0.29) is 12.1 Å². The molecule has 98 valence electrons. The van der Waals surface area contributed by atoms with Crippen LogP contribution in [0, 0.1) is 0 Å². The number of likely N-dealkylation sites (N-methyl/N-ethyl adjacent to an activating group) is 1. The largest absolute Gasteiger partial charge is 0.394 e. The van der Waals surface area contributed by atoms with E-state index in [1.165, 1.54) is 0 Å². The number of hydrogen-bond acceptors (Lipinski definition) is 3. The quantitative estimate of drug-likeness (QED) is 0.601. The van der Waals surface area contributed by atoms with Crippen LogP contribution in [0.2, 0.25) is 0 Å². The standard InChI is InChI=1S/C13H30N2O/c1-5-9-13(6-2,12-16)14-10-11-15(7-3)8-4/h14,16H,5-12H2,1-4H3. The lowest BCUT2D eigenvalue weighted by Gasteiger charge is -2.33. The van der Waals surface area contributed by atoms with E-state index in [2.05, 4.69) is 37.9 Å². The second kappa shape index (κ2) is 8.97. The van der Waals surface area contributed by atoms with Crippen LogP contribution in [0.4, 0.5) is 0 Å². The van der Waals surface area contributed by atoms with Gasteiger partial charge in [-0.05, 0) is 25.9 Å². The van der Waals surface area contributed by atoms with Crippen LogP contribution in [0.1, 0.15) is 47.0 Å². The Bertz CT molecular complexity index is 154. The second-order valence-electron chi connectivity index (χ2n) is 4.50. The summed E-state index contributed by atoms with van der Waals surface area (Å²) in [7, 11) is 0. The third-order valence-corrected chi connectivity index (χ3v) is 3.53. The van der Waals surface area contributed by atoms with Crippen molar-refractivity contribution in [2.45, 2.75) is 52.5 Å². The van der Waals surface area contributed by atoms with Crippen molar-refractivity contribution in [2.75, 3.05) is 32.8 Å². The van der Waals surface area contributed by atoms with E-state index in [9.17, 15) is 5.11 Å². The summed E-state index contributed by atoms with van der Waals surface area (Å²) in [6, 6.07) is 0. The zero-order valence-electron chi connectivity index (χ0n) is 11.6. The van der Waals surface area contributed by atoms with Gasteiger partial charge in [-0.2, -0.15) is 0 Å². The van der Waals surface area contributed by atoms with Crippen molar-refractivity contribution in [1.29, 1.82) is 0 Å². The molecule has 16 heavy (non-hydrogen) atoms. The van der Waals surface area contributed by atoms with Gasteiger partial charge in [-0.3, -0.25) is 0 Å². The molecule has 0 bridgehead atoms. The Morgan fingerprint density at radius 3 is 2.12 bits per heavy atom. The Labute approximate surface area is 101 Å². The van der Waals surface area contributed by atoms with Gasteiger partial charge in [-0.15, -0.1) is 0 Å². The van der Waals surface area contributed by atoms with Gasteiger partial charge in [0.05, 0.1) is 6.61 Å². The summed E-state index contributed by atoms with van der Waals surface area (Å²) in [6.07, 6.45) is 3.17. The zero-order valence-corrected chi connectivity index (χ0v) is 11.6. The van der Waals surface area contributed by atoms with Gasteiger partial charge in [0.1, 0.15) is 0 Å². The van der Waals surface area contributed by atoms with E-state index >= 15 is 0 Å². The average Bonchev–Trinajstić information content (AvgIpc) is 2.33. The Kier molecular flexibility index (Phi) is 8.90. The van der Waals surface area contributed by atoms with Crippen LogP contribution in [0.25, 0.3) is 0 Å². The lowest BCUT2D eigenvalue weighted by atomic mass is 9.91. The van der Waals surface area contributed by atoms with Gasteiger partial charge in [0.15, 0.2) is 0 Å². The second-order valence-corrected chi connectivity index (χ2v) is 4.50. The number of aliphatic hydroxyl groups is 1. The highest BCUT2D eigenvalue weighted by Gasteiger charge is 2.25. The summed E-state index contributed by atoms with van der Waals surface area (Å²) >= 11 is 0. The molecule has 0 aromatic heterocycles. The van der Waals surface area contributed by atoms with Gasteiger partial charge in [-0.1, -0.05) is 34.1 Å². The van der Waals surface area contributed by atoms with E-state index in [1.54, 1.807) is 0 Å². The number of rotatable bonds is 10. The van der Waals surface area contributed by atoms with E-state index < -0.39 is 0 Å². The molecule has 0 amide bonds. The van der Waals surface area contributed by atoms with Gasteiger partial charge in [0.2, 0.25) is 0 Å². The molecule has 0 aliphatic heterocycles. The molecular formula is C13H30N2O. The lowest BCUT2D eigenvalue weighted by Crippen LogP contribution is -2.50. The van der Waals surface area contributed by atoms with Gasteiger partial charge in [0, 0.05) is 18.6 Å². The molecule has 0 radical (unpaired) electrons. The van der Waals surface area contributed by atoms with Crippen molar-refractivity contribution in [3.05, 3.63) is 0 Å². The first-order valence-corrected chi connectivity index (χ1v) is 6.76. The third kappa shape index (κ3) is 5.28. The highest BCUT2D eigenvalue weighted by molar-refractivity contribution is 4.85. The topological polar surface area (TPSA) is 35.5 Å². The Balaban J connectivity index is 4.01. The fourth-order valence-electron chi connectivity index (χ4n) is 2.13. The molecule has 1 atom stereocenters. The summed E-state index contributed by atoms with van der Waals surface area (Å²) in [5, 5.41) is 13.1. The number of aliphatic hydroxyl groups excluding tert-OH is 1. The predicted molar refractivity (Wildman–Crippen MR) is 70.8 cm³/mol. The van der Waals surface area contributed by atoms with E-state index in [0.29, 0.717) is 0 Å². The monoisotopic (exact) mass is 230 g/mol. The molecule has 1 unspecified atom stereocenters. The molecule has 0 heterocycles. The first kappa shape index (κ1) is 15.9. The van der Waals surface area contributed by atoms with Crippen molar-refractivity contribution >= 4 is 0 Å². The first-order valence-electron chi connectivity index (χ1n) is 6.76. The van der Waals surface area contributed by atoms with Crippen LogP contribution in [-0.4, -0.2) is 48.3 Å². The Morgan fingerprint density at radius 2 is 1.75 bits per heavy atom. The minimum Gasteiger partial charge on any atom is -0.394 e. The number of hydrogen-bond donors (Lipinski definition) is 2. The predicted octanol–water partition coefficient (Wildman–Crippen LogP) is 1.86. The molecule has 3 heteroatoms. The zero-order chi connectivity index (χ0) is 12.4. The first-order chi connectivity index (χ1) is 7.67. The molecule has 0 aromatic carbocycles. The summed E-state index contributed by atoms with van der Waals surface area (Å²) < 4.78 is 0. The van der Waals surface area contributed by atoms with Crippen LogP contribution >= 0.6 is 0 Å². The molecule has 0 saturated heterocycles. The van der Waals surface area contributed by atoms with Crippen molar-refractivity contribution in [3.8, 4) is 0 Å². The normalized spacial score (nSPS) is 15.4. The third-order valence-electron chi connectivity index (χ3n) is 3.53. The Morgan fingerprint density at radius 1 is 1.12 bits per heavy atom. The van der Waals surface area contributed by atoms with Crippen LogP contribution in [0.3, 0.4) is 0 Å². The maximum absolute atomic E-state index is 9.51. The maximum Gasteiger partial charge on any atom is 0.0613 e. The van der Waals surface area contributed by atoms with Crippen molar-refractivity contribution < 1.29 is 5.11 Å². The van der Waals surface area contributed by atoms with E-state index in [1.807, 2.05) is 0 Å². The molecule has 2 N–H and O–H groups in total. The highest BCUT2D eigenvalue weighted by Crippen LogP contribution is 2.16. The molecule has 0 spiro atoms. The van der Waals surface area contributed by atoms with Gasteiger partial charge >= 0.3 is 0 Å². The van der Waals surface area contributed by atoms with Crippen LogP contribution in [-0.2, 0) is 0 Å². The van der Waals surface area contributed by atoms with Crippen LogP contribution in [0.5, 0.6) is 0 Å². The van der Waals surface area contributed by atoms with Crippen LogP contribution in [0.15, 0.2) is 0 Å². The number of nitrogens with zero attached hydrogens (tertiary/aromatic N) is 1. The summed E-state index contributed by atoms with van der Waals surface area (Å²) in [6.45, 7) is 13.2. The fraction of sp³-hybridized carbons (Fsp3) is 1.00. The highest BCUT2D eigenvalue weighted by atomic mass is 16.3. The van der Waals surface area contributed by atoms with Gasteiger partial charge in [-0.25, -0.2) is 0 Å². The minimum absolute atomic E-state index is 0.0537. The van der Waals surface area contributed by atoms with E-state index in [4.69, 9.17) is 0 Å². The molecule has 0 saturated carbocycles.